The lowest BCUT2D eigenvalue weighted by Gasteiger charge is -2.06. The summed E-state index contributed by atoms with van der Waals surface area (Å²) in [7, 11) is 0. The second-order valence-corrected chi connectivity index (χ2v) is 5.21. The molecule has 0 N–H and O–H groups in total. The summed E-state index contributed by atoms with van der Waals surface area (Å²) in [5.41, 5.74) is 0.712. The highest BCUT2D eigenvalue weighted by atomic mass is 79.9. The van der Waals surface area contributed by atoms with E-state index >= 15 is 0 Å². The van der Waals surface area contributed by atoms with Crippen molar-refractivity contribution in [2.45, 2.75) is 19.3 Å². The first kappa shape index (κ1) is 14.9. The Bertz CT molecular complexity index is 517. The first-order valence-electron chi connectivity index (χ1n) is 6.64. The molecule has 0 atom stereocenters. The van der Waals surface area contributed by atoms with Crippen LogP contribution in [0.3, 0.4) is 0 Å². The number of hydrogen-bond donors (Lipinski definition) is 0. The van der Waals surface area contributed by atoms with Gasteiger partial charge in [-0.2, -0.15) is 0 Å². The fourth-order valence-electron chi connectivity index (χ4n) is 1.82. The fraction of sp³-hybridized carbons (Fsp3) is 0.312. The molecule has 0 saturated carbocycles. The van der Waals surface area contributed by atoms with E-state index in [4.69, 9.17) is 9.15 Å². The highest BCUT2D eigenvalue weighted by molar-refractivity contribution is 9.09. The van der Waals surface area contributed by atoms with E-state index in [1.807, 2.05) is 36.4 Å². The summed E-state index contributed by atoms with van der Waals surface area (Å²) in [6, 6.07) is 11.0. The van der Waals surface area contributed by atoms with E-state index in [0.29, 0.717) is 25.0 Å². The topological polar surface area (TPSA) is 39.4 Å². The van der Waals surface area contributed by atoms with E-state index < -0.39 is 0 Å². The summed E-state index contributed by atoms with van der Waals surface area (Å²) >= 11 is 3.35. The molecule has 1 aromatic carbocycles. The summed E-state index contributed by atoms with van der Waals surface area (Å²) in [5, 5.41) is 0.927. The molecule has 0 fully saturated rings. The van der Waals surface area contributed by atoms with E-state index in [-0.39, 0.29) is 5.78 Å². The maximum absolute atomic E-state index is 12.0. The van der Waals surface area contributed by atoms with Gasteiger partial charge in [-0.15, -0.1) is 0 Å². The highest BCUT2D eigenvalue weighted by Crippen LogP contribution is 2.15. The monoisotopic (exact) mass is 336 g/mol. The minimum atomic E-state index is 0.119. The van der Waals surface area contributed by atoms with Crippen molar-refractivity contribution in [2.75, 3.05) is 11.9 Å². The summed E-state index contributed by atoms with van der Waals surface area (Å²) < 4.78 is 10.8. The number of ketones is 1. The lowest BCUT2D eigenvalue weighted by molar-refractivity contribution is 0.0981. The van der Waals surface area contributed by atoms with Gasteiger partial charge in [0.15, 0.2) is 5.78 Å². The maximum atomic E-state index is 12.0. The molecular formula is C16H17BrO3. The van der Waals surface area contributed by atoms with Crippen molar-refractivity contribution in [3.8, 4) is 5.75 Å². The van der Waals surface area contributed by atoms with Crippen molar-refractivity contribution in [3.05, 3.63) is 54.0 Å². The standard InChI is InChI=1S/C16H17BrO3/c17-10-2-12-20-15-6-4-13(5-7-15)16(18)9-8-14-3-1-11-19-14/h1,3-7,11H,2,8-10,12H2. The quantitative estimate of drug-likeness (QED) is 0.410. The predicted molar refractivity (Wildman–Crippen MR) is 81.7 cm³/mol. The zero-order valence-corrected chi connectivity index (χ0v) is 12.8. The van der Waals surface area contributed by atoms with Gasteiger partial charge >= 0.3 is 0 Å². The number of carbonyl (C=O) groups excluding carboxylic acids is 1. The summed E-state index contributed by atoms with van der Waals surface area (Å²) in [5.74, 6) is 1.76. The van der Waals surface area contributed by atoms with Crippen molar-refractivity contribution < 1.29 is 13.9 Å². The molecular weight excluding hydrogens is 320 g/mol. The van der Waals surface area contributed by atoms with E-state index in [0.717, 1.165) is 23.3 Å². The lowest BCUT2D eigenvalue weighted by Crippen LogP contribution is -2.02. The van der Waals surface area contributed by atoms with Gasteiger partial charge in [-0.3, -0.25) is 4.79 Å². The Labute approximate surface area is 127 Å². The predicted octanol–water partition coefficient (Wildman–Crippen LogP) is 4.26. The fourth-order valence-corrected chi connectivity index (χ4v) is 2.05. The van der Waals surface area contributed by atoms with Gasteiger partial charge in [0.05, 0.1) is 12.9 Å². The number of ether oxygens (including phenoxy) is 1. The van der Waals surface area contributed by atoms with E-state index in [2.05, 4.69) is 15.9 Å². The van der Waals surface area contributed by atoms with Gasteiger partial charge in [-0.25, -0.2) is 0 Å². The Hall–Kier alpha value is -1.55. The number of carbonyl (C=O) groups is 1. The van der Waals surface area contributed by atoms with E-state index in [1.165, 1.54) is 0 Å². The van der Waals surface area contributed by atoms with Crippen molar-refractivity contribution in [1.29, 1.82) is 0 Å². The van der Waals surface area contributed by atoms with Gasteiger partial charge in [0, 0.05) is 23.7 Å². The van der Waals surface area contributed by atoms with Crippen LogP contribution in [0.15, 0.2) is 47.1 Å². The minimum absolute atomic E-state index is 0.119. The van der Waals surface area contributed by atoms with Gasteiger partial charge < -0.3 is 9.15 Å². The third kappa shape index (κ3) is 4.53. The van der Waals surface area contributed by atoms with Crippen molar-refractivity contribution >= 4 is 21.7 Å². The summed E-state index contributed by atoms with van der Waals surface area (Å²) in [6.07, 6.45) is 3.68. The molecule has 2 aromatic rings. The van der Waals surface area contributed by atoms with Crippen molar-refractivity contribution in [2.24, 2.45) is 0 Å². The summed E-state index contributed by atoms with van der Waals surface area (Å²) in [6.45, 7) is 0.678. The zero-order valence-electron chi connectivity index (χ0n) is 11.2. The molecule has 2 rings (SSSR count). The van der Waals surface area contributed by atoms with Gasteiger partial charge in [-0.1, -0.05) is 15.9 Å². The lowest BCUT2D eigenvalue weighted by atomic mass is 10.1. The van der Waals surface area contributed by atoms with Crippen LogP contribution in [0.1, 0.15) is 29.0 Å². The number of alkyl halides is 1. The molecule has 106 valence electrons. The average Bonchev–Trinajstić information content (AvgIpc) is 2.99. The molecule has 3 nitrogen and oxygen atoms in total. The van der Waals surface area contributed by atoms with Crippen LogP contribution in [-0.2, 0) is 6.42 Å². The molecule has 0 radical (unpaired) electrons. The van der Waals surface area contributed by atoms with Crippen LogP contribution in [0.2, 0.25) is 0 Å². The third-order valence-corrected chi connectivity index (χ3v) is 3.46. The normalized spacial score (nSPS) is 10.4. The maximum Gasteiger partial charge on any atom is 0.163 e. The Balaban J connectivity index is 1.84. The molecule has 0 unspecified atom stereocenters. The zero-order chi connectivity index (χ0) is 14.2. The number of furan rings is 1. The van der Waals surface area contributed by atoms with Crippen LogP contribution in [0.5, 0.6) is 5.75 Å². The molecule has 0 amide bonds. The average molecular weight is 337 g/mol. The Kier molecular flexibility index (Phi) is 5.87. The Morgan fingerprint density at radius 2 is 2.00 bits per heavy atom. The molecule has 0 bridgehead atoms. The van der Waals surface area contributed by atoms with Crippen LogP contribution in [-0.4, -0.2) is 17.7 Å². The van der Waals surface area contributed by atoms with Crippen LogP contribution in [0.25, 0.3) is 0 Å². The molecule has 20 heavy (non-hydrogen) atoms. The summed E-state index contributed by atoms with van der Waals surface area (Å²) in [4.78, 5) is 12.0. The van der Waals surface area contributed by atoms with Crippen LogP contribution in [0.4, 0.5) is 0 Å². The highest BCUT2D eigenvalue weighted by Gasteiger charge is 2.07. The SMILES string of the molecule is O=C(CCc1ccco1)c1ccc(OCCCBr)cc1. The number of hydrogen-bond acceptors (Lipinski definition) is 3. The Morgan fingerprint density at radius 3 is 2.65 bits per heavy atom. The molecule has 1 aromatic heterocycles. The molecule has 0 aliphatic carbocycles. The van der Waals surface area contributed by atoms with E-state index in [9.17, 15) is 4.79 Å². The molecule has 4 heteroatoms. The van der Waals surface area contributed by atoms with E-state index in [1.54, 1.807) is 6.26 Å². The van der Waals surface area contributed by atoms with Gasteiger partial charge in [0.2, 0.25) is 0 Å². The second kappa shape index (κ2) is 7.90. The smallest absolute Gasteiger partial charge is 0.163 e. The second-order valence-electron chi connectivity index (χ2n) is 4.42. The molecule has 0 aliphatic rings. The number of rotatable bonds is 8. The first-order valence-corrected chi connectivity index (χ1v) is 7.76. The molecule has 1 heterocycles. The number of aryl methyl sites for hydroxylation is 1. The number of halogens is 1. The molecule has 0 saturated heterocycles. The first-order chi connectivity index (χ1) is 9.79. The largest absolute Gasteiger partial charge is 0.494 e. The van der Waals surface area contributed by atoms with Crippen molar-refractivity contribution in [3.63, 3.8) is 0 Å². The molecule has 0 spiro atoms. The van der Waals surface area contributed by atoms with Crippen LogP contribution in [0, 0.1) is 0 Å². The molecule has 0 aliphatic heterocycles. The van der Waals surface area contributed by atoms with Crippen molar-refractivity contribution in [1.82, 2.24) is 0 Å². The number of benzene rings is 1. The Morgan fingerprint density at radius 1 is 1.20 bits per heavy atom. The van der Waals surface area contributed by atoms with Gasteiger partial charge in [0.1, 0.15) is 11.5 Å². The van der Waals surface area contributed by atoms with Gasteiger partial charge in [0.25, 0.3) is 0 Å². The third-order valence-electron chi connectivity index (χ3n) is 2.90. The number of Topliss-reactive ketones (excluding diaryl/α,β-unsaturated/α-hetero) is 1. The van der Waals surface area contributed by atoms with Gasteiger partial charge in [-0.05, 0) is 42.8 Å². The van der Waals surface area contributed by atoms with Crippen LogP contribution < -0.4 is 4.74 Å². The minimum Gasteiger partial charge on any atom is -0.494 e. The van der Waals surface area contributed by atoms with Crippen LogP contribution >= 0.6 is 15.9 Å².